The van der Waals surface area contributed by atoms with Gasteiger partial charge < -0.3 is 10.2 Å². The molecule has 1 aliphatic heterocycles. The fraction of sp³-hybridized carbons (Fsp3) is 0.261. The molecule has 2 heterocycles. The van der Waals surface area contributed by atoms with Crippen molar-refractivity contribution in [3.63, 3.8) is 0 Å². The van der Waals surface area contributed by atoms with Gasteiger partial charge in [0, 0.05) is 41.9 Å². The largest absolute Gasteiger partial charge is 0.354 e. The monoisotopic (exact) mass is 438 g/mol. The number of piperidine rings is 1. The number of carbonyl (C=O) groups is 1. The molecule has 1 N–H and O–H groups in total. The maximum Gasteiger partial charge on any atom is 0.225 e. The number of halogens is 1. The van der Waals surface area contributed by atoms with E-state index in [4.69, 9.17) is 11.6 Å². The SMILES string of the molecule is O=C(NCc1ccccc1Cl)[C@H]1CCCN(c2nccnc2Sc2ccccc2)C1. The van der Waals surface area contributed by atoms with Crippen LogP contribution in [0.5, 0.6) is 0 Å². The predicted octanol–water partition coefficient (Wildman–Crippen LogP) is 4.81. The smallest absolute Gasteiger partial charge is 0.225 e. The van der Waals surface area contributed by atoms with Crippen molar-refractivity contribution in [2.45, 2.75) is 29.3 Å². The fourth-order valence-corrected chi connectivity index (χ4v) is 4.66. The van der Waals surface area contributed by atoms with Gasteiger partial charge in [-0.25, -0.2) is 9.97 Å². The minimum atomic E-state index is -0.0854. The van der Waals surface area contributed by atoms with Crippen molar-refractivity contribution < 1.29 is 4.79 Å². The van der Waals surface area contributed by atoms with Crippen LogP contribution in [0, 0.1) is 5.92 Å². The predicted molar refractivity (Wildman–Crippen MR) is 121 cm³/mol. The number of nitrogens with one attached hydrogen (secondary N) is 1. The summed E-state index contributed by atoms with van der Waals surface area (Å²) in [6.45, 7) is 1.94. The van der Waals surface area contributed by atoms with Crippen molar-refractivity contribution >= 4 is 35.1 Å². The molecule has 1 aliphatic rings. The molecule has 4 rings (SSSR count). The number of hydrogen-bond acceptors (Lipinski definition) is 5. The average Bonchev–Trinajstić information content (AvgIpc) is 2.79. The van der Waals surface area contributed by atoms with Crippen molar-refractivity contribution in [2.75, 3.05) is 18.0 Å². The summed E-state index contributed by atoms with van der Waals surface area (Å²) in [6, 6.07) is 17.7. The van der Waals surface area contributed by atoms with E-state index in [0.717, 1.165) is 40.7 Å². The highest BCUT2D eigenvalue weighted by Gasteiger charge is 2.28. The highest BCUT2D eigenvalue weighted by Crippen LogP contribution is 2.33. The zero-order chi connectivity index (χ0) is 20.8. The van der Waals surface area contributed by atoms with E-state index in [1.165, 1.54) is 0 Å². The first-order chi connectivity index (χ1) is 14.7. The van der Waals surface area contributed by atoms with E-state index in [9.17, 15) is 4.79 Å². The molecular formula is C23H23ClN4OS. The van der Waals surface area contributed by atoms with Crippen molar-refractivity contribution in [1.29, 1.82) is 0 Å². The molecule has 0 unspecified atom stereocenters. The molecule has 0 saturated carbocycles. The van der Waals surface area contributed by atoms with Gasteiger partial charge >= 0.3 is 0 Å². The van der Waals surface area contributed by atoms with Crippen molar-refractivity contribution in [2.24, 2.45) is 5.92 Å². The van der Waals surface area contributed by atoms with E-state index < -0.39 is 0 Å². The van der Waals surface area contributed by atoms with Crippen LogP contribution in [0.1, 0.15) is 18.4 Å². The summed E-state index contributed by atoms with van der Waals surface area (Å²) in [5.41, 5.74) is 0.927. The van der Waals surface area contributed by atoms with Crippen LogP contribution >= 0.6 is 23.4 Å². The Kier molecular flexibility index (Phi) is 6.87. The van der Waals surface area contributed by atoms with Gasteiger partial charge in [0.2, 0.25) is 5.91 Å². The Labute approximate surface area is 185 Å². The van der Waals surface area contributed by atoms with Gasteiger partial charge in [-0.2, -0.15) is 0 Å². The minimum absolute atomic E-state index is 0.0563. The number of nitrogens with zero attached hydrogens (tertiary/aromatic N) is 3. The second-order valence-corrected chi connectivity index (χ2v) is 8.66. The summed E-state index contributed by atoms with van der Waals surface area (Å²) in [5, 5.41) is 4.58. The molecule has 2 aromatic carbocycles. The summed E-state index contributed by atoms with van der Waals surface area (Å²) in [6.07, 6.45) is 5.24. The summed E-state index contributed by atoms with van der Waals surface area (Å²) in [4.78, 5) is 25.3. The topological polar surface area (TPSA) is 58.1 Å². The zero-order valence-corrected chi connectivity index (χ0v) is 18.1. The summed E-state index contributed by atoms with van der Waals surface area (Å²) < 4.78 is 0. The van der Waals surface area contributed by atoms with E-state index in [1.54, 1.807) is 24.2 Å². The van der Waals surface area contributed by atoms with E-state index in [0.29, 0.717) is 18.1 Å². The number of hydrogen-bond donors (Lipinski definition) is 1. The summed E-state index contributed by atoms with van der Waals surface area (Å²) in [7, 11) is 0. The second-order valence-electron chi connectivity index (χ2n) is 7.19. The van der Waals surface area contributed by atoms with E-state index in [1.807, 2.05) is 42.5 Å². The second kappa shape index (κ2) is 9.96. The molecule has 1 fully saturated rings. The Morgan fingerprint density at radius 3 is 2.70 bits per heavy atom. The molecule has 154 valence electrons. The lowest BCUT2D eigenvalue weighted by Gasteiger charge is -2.33. The van der Waals surface area contributed by atoms with Crippen LogP contribution < -0.4 is 10.2 Å². The lowest BCUT2D eigenvalue weighted by atomic mass is 9.97. The molecule has 0 aliphatic carbocycles. The third-order valence-electron chi connectivity index (χ3n) is 5.11. The molecule has 0 radical (unpaired) electrons. The Bertz CT molecular complexity index is 1000. The number of anilines is 1. The molecule has 1 atom stereocenters. The Balaban J connectivity index is 1.43. The van der Waals surface area contributed by atoms with E-state index >= 15 is 0 Å². The van der Waals surface area contributed by atoms with Gasteiger partial charge in [0.15, 0.2) is 5.82 Å². The van der Waals surface area contributed by atoms with Crippen LogP contribution in [0.25, 0.3) is 0 Å². The van der Waals surface area contributed by atoms with Crippen molar-refractivity contribution in [3.05, 3.63) is 77.6 Å². The molecule has 30 heavy (non-hydrogen) atoms. The molecular weight excluding hydrogens is 416 g/mol. The molecule has 0 bridgehead atoms. The van der Waals surface area contributed by atoms with Gasteiger partial charge in [-0.15, -0.1) is 0 Å². The fourth-order valence-electron chi connectivity index (χ4n) is 3.56. The van der Waals surface area contributed by atoms with Crippen molar-refractivity contribution in [1.82, 2.24) is 15.3 Å². The summed E-state index contributed by atoms with van der Waals surface area (Å²) >= 11 is 7.80. The third kappa shape index (κ3) is 5.12. The maximum atomic E-state index is 12.8. The first kappa shape index (κ1) is 20.7. The van der Waals surface area contributed by atoms with Crippen molar-refractivity contribution in [3.8, 4) is 0 Å². The van der Waals surface area contributed by atoms with Crippen LogP contribution in [0.15, 0.2) is 76.9 Å². The lowest BCUT2D eigenvalue weighted by molar-refractivity contribution is -0.125. The van der Waals surface area contributed by atoms with Gasteiger partial charge in [-0.05, 0) is 36.6 Å². The molecule has 3 aromatic rings. The first-order valence-electron chi connectivity index (χ1n) is 10.0. The number of carbonyl (C=O) groups excluding carboxylic acids is 1. The Morgan fingerprint density at radius 1 is 1.10 bits per heavy atom. The van der Waals surface area contributed by atoms with Crippen LogP contribution in [-0.4, -0.2) is 29.0 Å². The first-order valence-corrected chi connectivity index (χ1v) is 11.2. The van der Waals surface area contributed by atoms with Crippen LogP contribution in [0.3, 0.4) is 0 Å². The van der Waals surface area contributed by atoms with Crippen LogP contribution in [0.2, 0.25) is 5.02 Å². The zero-order valence-electron chi connectivity index (χ0n) is 16.5. The number of benzene rings is 2. The highest BCUT2D eigenvalue weighted by atomic mass is 35.5. The Hall–Kier alpha value is -2.57. The quantitative estimate of drug-likeness (QED) is 0.598. The molecule has 0 spiro atoms. The van der Waals surface area contributed by atoms with E-state index in [2.05, 4.69) is 32.3 Å². The average molecular weight is 439 g/mol. The highest BCUT2D eigenvalue weighted by molar-refractivity contribution is 7.99. The van der Waals surface area contributed by atoms with Gasteiger partial charge in [-0.3, -0.25) is 4.79 Å². The van der Waals surface area contributed by atoms with Gasteiger partial charge in [0.25, 0.3) is 0 Å². The van der Waals surface area contributed by atoms with Gasteiger partial charge in [-0.1, -0.05) is 59.8 Å². The minimum Gasteiger partial charge on any atom is -0.354 e. The van der Waals surface area contributed by atoms with Crippen LogP contribution in [0.4, 0.5) is 5.82 Å². The number of amides is 1. The number of aromatic nitrogens is 2. The van der Waals surface area contributed by atoms with E-state index in [-0.39, 0.29) is 11.8 Å². The molecule has 7 heteroatoms. The Morgan fingerprint density at radius 2 is 1.87 bits per heavy atom. The molecule has 1 saturated heterocycles. The normalized spacial score (nSPS) is 16.3. The van der Waals surface area contributed by atoms with Gasteiger partial charge in [0.1, 0.15) is 5.03 Å². The number of rotatable bonds is 6. The molecule has 1 amide bonds. The van der Waals surface area contributed by atoms with Crippen LogP contribution in [-0.2, 0) is 11.3 Å². The standard InChI is InChI=1S/C23H23ClN4OS/c24-20-11-5-4-7-17(20)15-27-22(29)18-8-6-14-28(16-18)21-23(26-13-12-25-21)30-19-9-2-1-3-10-19/h1-5,7,9-13,18H,6,8,14-16H2,(H,27,29)/t18-/m0/s1. The molecule has 1 aromatic heterocycles. The third-order valence-corrected chi connectivity index (χ3v) is 6.46. The maximum absolute atomic E-state index is 12.8. The van der Waals surface area contributed by atoms with Gasteiger partial charge in [0.05, 0.1) is 5.92 Å². The summed E-state index contributed by atoms with van der Waals surface area (Å²) in [5.74, 6) is 0.813. The lowest BCUT2D eigenvalue weighted by Crippen LogP contribution is -2.43. The molecule has 5 nitrogen and oxygen atoms in total.